The number of nitrogens with one attached hydrogen (secondary N) is 1. The molecule has 3 aromatic rings. The maximum atomic E-state index is 12.7. The zero-order chi connectivity index (χ0) is 19.7. The van der Waals surface area contributed by atoms with Gasteiger partial charge in [-0.3, -0.25) is 9.69 Å². The highest BCUT2D eigenvalue weighted by Gasteiger charge is 2.27. The summed E-state index contributed by atoms with van der Waals surface area (Å²) in [5.74, 6) is 0.869. The van der Waals surface area contributed by atoms with Crippen LogP contribution < -0.4 is 10.2 Å². The van der Waals surface area contributed by atoms with Crippen LogP contribution in [0.1, 0.15) is 6.92 Å². The molecule has 146 valence electrons. The van der Waals surface area contributed by atoms with Crippen molar-refractivity contribution in [2.24, 2.45) is 0 Å². The van der Waals surface area contributed by atoms with Crippen LogP contribution in [0.3, 0.4) is 0 Å². The first kappa shape index (κ1) is 19.4. The summed E-state index contributed by atoms with van der Waals surface area (Å²) in [6, 6.07) is 6.99. The highest BCUT2D eigenvalue weighted by atomic mass is 35.5. The Balaban J connectivity index is 1.40. The summed E-state index contributed by atoms with van der Waals surface area (Å²) in [6.07, 6.45) is 1.62. The molecule has 6 nitrogen and oxygen atoms in total. The van der Waals surface area contributed by atoms with Crippen molar-refractivity contribution in [1.82, 2.24) is 14.9 Å². The number of benzene rings is 1. The maximum Gasteiger partial charge on any atom is 0.241 e. The number of aromatic nitrogens is 2. The number of carbonyl (C=O) groups excluding carboxylic acids is 1. The van der Waals surface area contributed by atoms with E-state index in [1.165, 1.54) is 0 Å². The van der Waals surface area contributed by atoms with Crippen molar-refractivity contribution in [2.45, 2.75) is 13.0 Å². The molecule has 1 aliphatic heterocycles. The van der Waals surface area contributed by atoms with Gasteiger partial charge in [0, 0.05) is 26.2 Å². The monoisotopic (exact) mass is 435 g/mol. The summed E-state index contributed by atoms with van der Waals surface area (Å²) in [5, 5.41) is 6.78. The summed E-state index contributed by atoms with van der Waals surface area (Å²) in [7, 11) is 0. The molecular formula is C19H19Cl2N5OS. The smallest absolute Gasteiger partial charge is 0.241 e. The molecule has 0 radical (unpaired) electrons. The van der Waals surface area contributed by atoms with Crippen molar-refractivity contribution < 1.29 is 4.79 Å². The van der Waals surface area contributed by atoms with Gasteiger partial charge < -0.3 is 10.2 Å². The van der Waals surface area contributed by atoms with Gasteiger partial charge in [-0.15, -0.1) is 11.3 Å². The average Bonchev–Trinajstić information content (AvgIpc) is 3.20. The number of nitrogens with zero attached hydrogens (tertiary/aromatic N) is 4. The Bertz CT molecular complexity index is 1000. The van der Waals surface area contributed by atoms with Gasteiger partial charge in [0.1, 0.15) is 17.0 Å². The number of carbonyl (C=O) groups is 1. The quantitative estimate of drug-likeness (QED) is 0.666. The molecule has 2 aromatic heterocycles. The number of thiophene rings is 1. The minimum absolute atomic E-state index is 0.0973. The number of halogens is 2. The number of piperazine rings is 1. The van der Waals surface area contributed by atoms with E-state index in [1.54, 1.807) is 35.9 Å². The Morgan fingerprint density at radius 1 is 1.18 bits per heavy atom. The number of rotatable bonds is 4. The van der Waals surface area contributed by atoms with Crippen molar-refractivity contribution in [3.8, 4) is 0 Å². The molecule has 0 saturated carbocycles. The van der Waals surface area contributed by atoms with Crippen molar-refractivity contribution >= 4 is 62.2 Å². The minimum Gasteiger partial charge on any atom is -0.353 e. The van der Waals surface area contributed by atoms with E-state index in [9.17, 15) is 4.79 Å². The van der Waals surface area contributed by atoms with Gasteiger partial charge in [-0.25, -0.2) is 9.97 Å². The first-order valence-electron chi connectivity index (χ1n) is 8.96. The lowest BCUT2D eigenvalue weighted by molar-refractivity contribution is -0.120. The van der Waals surface area contributed by atoms with Crippen LogP contribution in [0.25, 0.3) is 10.2 Å². The van der Waals surface area contributed by atoms with Crippen LogP contribution in [0.2, 0.25) is 10.0 Å². The van der Waals surface area contributed by atoms with Crippen LogP contribution in [-0.2, 0) is 4.79 Å². The molecule has 0 spiro atoms. The fraction of sp³-hybridized carbons (Fsp3) is 0.316. The number of hydrogen-bond donors (Lipinski definition) is 1. The van der Waals surface area contributed by atoms with Crippen LogP contribution in [0.4, 0.5) is 11.5 Å². The maximum absolute atomic E-state index is 12.7. The van der Waals surface area contributed by atoms with Gasteiger partial charge in [0.05, 0.1) is 27.2 Å². The second-order valence-electron chi connectivity index (χ2n) is 6.63. The molecule has 1 atom stereocenters. The van der Waals surface area contributed by atoms with E-state index in [2.05, 4.69) is 31.2 Å². The predicted molar refractivity (Wildman–Crippen MR) is 116 cm³/mol. The molecule has 3 heterocycles. The van der Waals surface area contributed by atoms with Gasteiger partial charge >= 0.3 is 0 Å². The predicted octanol–water partition coefficient (Wildman–Crippen LogP) is 4.15. The van der Waals surface area contributed by atoms with Crippen molar-refractivity contribution in [2.75, 3.05) is 36.4 Å². The van der Waals surface area contributed by atoms with Crippen LogP contribution in [-0.4, -0.2) is 53.0 Å². The van der Waals surface area contributed by atoms with Crippen molar-refractivity contribution in [1.29, 1.82) is 0 Å². The lowest BCUT2D eigenvalue weighted by Gasteiger charge is -2.38. The van der Waals surface area contributed by atoms with E-state index in [0.29, 0.717) is 15.7 Å². The molecule has 1 fully saturated rings. The SMILES string of the molecule is CC(C(=O)Nc1cccc(Cl)c1Cl)N1CCN(c2ncnc3sccc23)CC1. The van der Waals surface area contributed by atoms with E-state index in [1.807, 2.05) is 12.3 Å². The van der Waals surface area contributed by atoms with Gasteiger partial charge in [0.15, 0.2) is 0 Å². The first-order valence-corrected chi connectivity index (χ1v) is 10.6. The Morgan fingerprint density at radius 2 is 1.96 bits per heavy atom. The fourth-order valence-electron chi connectivity index (χ4n) is 3.35. The van der Waals surface area contributed by atoms with Gasteiger partial charge in [0.2, 0.25) is 5.91 Å². The molecule has 1 aliphatic rings. The second-order valence-corrected chi connectivity index (χ2v) is 8.31. The molecule has 4 rings (SSSR count). The minimum atomic E-state index is -0.274. The molecule has 1 aromatic carbocycles. The molecule has 1 unspecified atom stereocenters. The standard InChI is InChI=1S/C19H19Cl2N5OS/c1-12(18(27)24-15-4-2-3-14(20)16(15)21)25-6-8-26(9-7-25)17-13-5-10-28-19(13)23-11-22-17/h2-5,10-12H,6-9H2,1H3,(H,24,27). The van der Waals surface area contributed by atoms with E-state index >= 15 is 0 Å². The number of fused-ring (bicyclic) bond motifs is 1. The largest absolute Gasteiger partial charge is 0.353 e. The summed E-state index contributed by atoms with van der Waals surface area (Å²) in [5.41, 5.74) is 0.533. The van der Waals surface area contributed by atoms with Gasteiger partial charge in [0.25, 0.3) is 0 Å². The zero-order valence-corrected chi connectivity index (χ0v) is 17.6. The number of hydrogen-bond acceptors (Lipinski definition) is 6. The van der Waals surface area contributed by atoms with Crippen LogP contribution >= 0.6 is 34.5 Å². The molecular weight excluding hydrogens is 417 g/mol. The third kappa shape index (κ3) is 3.80. The number of amides is 1. The molecule has 1 N–H and O–H groups in total. The Morgan fingerprint density at radius 3 is 2.75 bits per heavy atom. The van der Waals surface area contributed by atoms with Crippen LogP contribution in [0.15, 0.2) is 36.0 Å². The van der Waals surface area contributed by atoms with Gasteiger partial charge in [-0.05, 0) is 30.5 Å². The third-order valence-electron chi connectivity index (χ3n) is 4.99. The summed E-state index contributed by atoms with van der Waals surface area (Å²) in [4.78, 5) is 26.9. The number of anilines is 2. The molecule has 0 bridgehead atoms. The normalized spacial score (nSPS) is 16.3. The van der Waals surface area contributed by atoms with E-state index in [-0.39, 0.29) is 11.9 Å². The Hall–Kier alpha value is -1.93. The van der Waals surface area contributed by atoms with Crippen molar-refractivity contribution in [3.05, 3.63) is 46.0 Å². The third-order valence-corrected chi connectivity index (χ3v) is 6.63. The Labute approximate surface area is 177 Å². The summed E-state index contributed by atoms with van der Waals surface area (Å²) < 4.78 is 0. The molecule has 1 amide bonds. The van der Waals surface area contributed by atoms with Crippen LogP contribution in [0.5, 0.6) is 0 Å². The average molecular weight is 436 g/mol. The lowest BCUT2D eigenvalue weighted by atomic mass is 10.2. The van der Waals surface area contributed by atoms with E-state index in [4.69, 9.17) is 23.2 Å². The molecule has 28 heavy (non-hydrogen) atoms. The topological polar surface area (TPSA) is 61.4 Å². The fourth-order valence-corrected chi connectivity index (χ4v) is 4.43. The van der Waals surface area contributed by atoms with E-state index in [0.717, 1.165) is 42.2 Å². The highest BCUT2D eigenvalue weighted by molar-refractivity contribution is 7.16. The van der Waals surface area contributed by atoms with Gasteiger partial charge in [-0.1, -0.05) is 29.3 Å². The molecule has 9 heteroatoms. The highest BCUT2D eigenvalue weighted by Crippen LogP contribution is 2.30. The molecule has 0 aliphatic carbocycles. The summed E-state index contributed by atoms with van der Waals surface area (Å²) in [6.45, 7) is 5.06. The van der Waals surface area contributed by atoms with Crippen LogP contribution in [0, 0.1) is 0 Å². The lowest BCUT2D eigenvalue weighted by Crippen LogP contribution is -2.53. The second kappa shape index (κ2) is 8.21. The summed E-state index contributed by atoms with van der Waals surface area (Å²) >= 11 is 13.8. The van der Waals surface area contributed by atoms with Gasteiger partial charge in [-0.2, -0.15) is 0 Å². The molecule has 1 saturated heterocycles. The van der Waals surface area contributed by atoms with Crippen molar-refractivity contribution in [3.63, 3.8) is 0 Å². The zero-order valence-electron chi connectivity index (χ0n) is 15.2. The Kier molecular flexibility index (Phi) is 5.68. The first-order chi connectivity index (χ1) is 13.5. The van der Waals surface area contributed by atoms with E-state index < -0.39 is 0 Å².